The van der Waals surface area contributed by atoms with Gasteiger partial charge in [0.1, 0.15) is 0 Å². The normalized spacial score (nSPS) is 10.3. The molecule has 6 nitrogen and oxygen atoms in total. The fraction of sp³-hybridized carbons (Fsp3) is 0.353. The SMILES string of the molecule is CCOC(=O)CCN(Cc1cccnc1)C(=O)c1occc1C. The third kappa shape index (κ3) is 4.67. The van der Waals surface area contributed by atoms with Crippen LogP contribution in [0.3, 0.4) is 0 Å². The van der Waals surface area contributed by atoms with Crippen molar-refractivity contribution in [3.8, 4) is 0 Å². The van der Waals surface area contributed by atoms with Crippen LogP contribution in [0.25, 0.3) is 0 Å². The van der Waals surface area contributed by atoms with Crippen molar-refractivity contribution < 1.29 is 18.7 Å². The van der Waals surface area contributed by atoms with Crippen molar-refractivity contribution in [3.05, 3.63) is 53.7 Å². The number of amides is 1. The lowest BCUT2D eigenvalue weighted by Crippen LogP contribution is -2.33. The minimum atomic E-state index is -0.326. The summed E-state index contributed by atoms with van der Waals surface area (Å²) in [7, 11) is 0. The Hall–Kier alpha value is -2.63. The summed E-state index contributed by atoms with van der Waals surface area (Å²) >= 11 is 0. The summed E-state index contributed by atoms with van der Waals surface area (Å²) in [6.07, 6.45) is 4.99. The molecule has 0 spiro atoms. The van der Waals surface area contributed by atoms with Crippen molar-refractivity contribution in [3.63, 3.8) is 0 Å². The summed E-state index contributed by atoms with van der Waals surface area (Å²) in [6.45, 7) is 4.50. The second-order valence-corrected chi connectivity index (χ2v) is 5.08. The molecule has 23 heavy (non-hydrogen) atoms. The Balaban J connectivity index is 2.12. The van der Waals surface area contributed by atoms with Gasteiger partial charge in [-0.2, -0.15) is 0 Å². The maximum Gasteiger partial charge on any atom is 0.307 e. The molecular formula is C17H20N2O4. The Bertz CT molecular complexity index is 652. The van der Waals surface area contributed by atoms with Crippen LogP contribution in [-0.2, 0) is 16.1 Å². The molecule has 6 heteroatoms. The van der Waals surface area contributed by atoms with Crippen LogP contribution in [0.15, 0.2) is 41.3 Å². The molecular weight excluding hydrogens is 296 g/mol. The van der Waals surface area contributed by atoms with E-state index in [2.05, 4.69) is 4.98 Å². The molecule has 2 heterocycles. The lowest BCUT2D eigenvalue weighted by atomic mass is 10.2. The van der Waals surface area contributed by atoms with Crippen molar-refractivity contribution in [2.45, 2.75) is 26.8 Å². The van der Waals surface area contributed by atoms with E-state index in [4.69, 9.17) is 9.15 Å². The van der Waals surface area contributed by atoms with E-state index in [1.165, 1.54) is 6.26 Å². The van der Waals surface area contributed by atoms with Crippen molar-refractivity contribution in [1.82, 2.24) is 9.88 Å². The molecule has 0 bridgehead atoms. The van der Waals surface area contributed by atoms with Crippen LogP contribution in [0.5, 0.6) is 0 Å². The molecule has 0 aliphatic carbocycles. The Morgan fingerprint density at radius 1 is 1.35 bits per heavy atom. The van der Waals surface area contributed by atoms with Gasteiger partial charge in [-0.3, -0.25) is 14.6 Å². The molecule has 1 amide bonds. The number of carbonyl (C=O) groups excluding carboxylic acids is 2. The first-order valence-electron chi connectivity index (χ1n) is 7.49. The van der Waals surface area contributed by atoms with Gasteiger partial charge in [-0.05, 0) is 31.5 Å². The number of carbonyl (C=O) groups is 2. The van der Waals surface area contributed by atoms with Crippen LogP contribution < -0.4 is 0 Å². The maximum absolute atomic E-state index is 12.7. The van der Waals surface area contributed by atoms with Gasteiger partial charge in [-0.1, -0.05) is 6.07 Å². The first-order chi connectivity index (χ1) is 11.1. The monoisotopic (exact) mass is 316 g/mol. The average Bonchev–Trinajstić information content (AvgIpc) is 2.98. The zero-order chi connectivity index (χ0) is 16.7. The summed E-state index contributed by atoms with van der Waals surface area (Å²) in [5.74, 6) is -0.286. The third-order valence-corrected chi connectivity index (χ3v) is 3.33. The zero-order valence-corrected chi connectivity index (χ0v) is 13.3. The standard InChI is InChI=1S/C17H20N2O4/c1-3-22-15(20)6-9-19(12-14-5-4-8-18-11-14)17(21)16-13(2)7-10-23-16/h4-5,7-8,10-11H,3,6,9,12H2,1-2H3. The molecule has 0 radical (unpaired) electrons. The summed E-state index contributed by atoms with van der Waals surface area (Å²) in [4.78, 5) is 29.9. The average molecular weight is 316 g/mol. The predicted molar refractivity (Wildman–Crippen MR) is 83.7 cm³/mol. The number of hydrogen-bond donors (Lipinski definition) is 0. The van der Waals surface area contributed by atoms with Crippen molar-refractivity contribution in [2.75, 3.05) is 13.2 Å². The number of ether oxygens (including phenoxy) is 1. The van der Waals surface area contributed by atoms with Gasteiger partial charge in [0, 0.05) is 31.0 Å². The third-order valence-electron chi connectivity index (χ3n) is 3.33. The van der Waals surface area contributed by atoms with Gasteiger partial charge in [-0.15, -0.1) is 0 Å². The van der Waals surface area contributed by atoms with Crippen LogP contribution in [0.1, 0.15) is 35.0 Å². The number of rotatable bonds is 7. The molecule has 2 aromatic rings. The van der Waals surface area contributed by atoms with Gasteiger partial charge in [0.25, 0.3) is 5.91 Å². The Morgan fingerprint density at radius 2 is 2.17 bits per heavy atom. The van der Waals surface area contributed by atoms with Crippen molar-refractivity contribution >= 4 is 11.9 Å². The van der Waals surface area contributed by atoms with Crippen LogP contribution in [0, 0.1) is 6.92 Å². The molecule has 0 unspecified atom stereocenters. The lowest BCUT2D eigenvalue weighted by molar-refractivity contribution is -0.143. The molecule has 2 aromatic heterocycles. The summed E-state index contributed by atoms with van der Waals surface area (Å²) in [6, 6.07) is 5.43. The highest BCUT2D eigenvalue weighted by Crippen LogP contribution is 2.15. The van der Waals surface area contributed by atoms with E-state index in [1.807, 2.05) is 19.1 Å². The Labute approximate surface area is 135 Å². The number of aryl methyl sites for hydroxylation is 1. The molecule has 0 fully saturated rings. The molecule has 0 aromatic carbocycles. The number of esters is 1. The van der Waals surface area contributed by atoms with Crippen molar-refractivity contribution in [1.29, 1.82) is 0 Å². The van der Waals surface area contributed by atoms with E-state index >= 15 is 0 Å². The summed E-state index contributed by atoms with van der Waals surface area (Å²) in [5, 5.41) is 0. The van der Waals surface area contributed by atoms with Gasteiger partial charge < -0.3 is 14.1 Å². The molecule has 0 N–H and O–H groups in total. The number of hydrogen-bond acceptors (Lipinski definition) is 5. The van der Waals surface area contributed by atoms with E-state index in [1.54, 1.807) is 30.3 Å². The van der Waals surface area contributed by atoms with Crippen LogP contribution in [-0.4, -0.2) is 34.9 Å². The van der Waals surface area contributed by atoms with E-state index < -0.39 is 0 Å². The fourth-order valence-electron chi connectivity index (χ4n) is 2.16. The summed E-state index contributed by atoms with van der Waals surface area (Å²) in [5.41, 5.74) is 1.65. The Morgan fingerprint density at radius 3 is 2.78 bits per heavy atom. The number of pyridine rings is 1. The second-order valence-electron chi connectivity index (χ2n) is 5.08. The lowest BCUT2D eigenvalue weighted by Gasteiger charge is -2.21. The van der Waals surface area contributed by atoms with E-state index in [9.17, 15) is 9.59 Å². The van der Waals surface area contributed by atoms with Gasteiger partial charge in [0.15, 0.2) is 5.76 Å². The quantitative estimate of drug-likeness (QED) is 0.734. The molecule has 0 saturated heterocycles. The van der Waals surface area contributed by atoms with Crippen LogP contribution >= 0.6 is 0 Å². The van der Waals surface area contributed by atoms with Crippen LogP contribution in [0.2, 0.25) is 0 Å². The van der Waals surface area contributed by atoms with Crippen LogP contribution in [0.4, 0.5) is 0 Å². The smallest absolute Gasteiger partial charge is 0.307 e. The van der Waals surface area contributed by atoms with Gasteiger partial charge in [0.2, 0.25) is 0 Å². The molecule has 0 aliphatic heterocycles. The van der Waals surface area contributed by atoms with Gasteiger partial charge >= 0.3 is 5.97 Å². The van der Waals surface area contributed by atoms with E-state index in [0.29, 0.717) is 13.2 Å². The zero-order valence-electron chi connectivity index (χ0n) is 13.3. The van der Waals surface area contributed by atoms with Crippen molar-refractivity contribution in [2.24, 2.45) is 0 Å². The highest BCUT2D eigenvalue weighted by atomic mass is 16.5. The summed E-state index contributed by atoms with van der Waals surface area (Å²) < 4.78 is 10.2. The van der Waals surface area contributed by atoms with Gasteiger partial charge in [0.05, 0.1) is 19.3 Å². The minimum Gasteiger partial charge on any atom is -0.466 e. The molecule has 0 atom stereocenters. The number of furan rings is 1. The highest BCUT2D eigenvalue weighted by Gasteiger charge is 2.22. The van der Waals surface area contributed by atoms with E-state index in [-0.39, 0.29) is 30.6 Å². The molecule has 2 rings (SSSR count). The first kappa shape index (κ1) is 16.7. The highest BCUT2D eigenvalue weighted by molar-refractivity contribution is 5.93. The Kier molecular flexibility index (Phi) is 5.91. The van der Waals surface area contributed by atoms with Gasteiger partial charge in [-0.25, -0.2) is 0 Å². The fourth-order valence-corrected chi connectivity index (χ4v) is 2.16. The second kappa shape index (κ2) is 8.12. The molecule has 122 valence electrons. The topological polar surface area (TPSA) is 72.6 Å². The minimum absolute atomic E-state index is 0.138. The maximum atomic E-state index is 12.7. The van der Waals surface area contributed by atoms with E-state index in [0.717, 1.165) is 11.1 Å². The predicted octanol–water partition coefficient (Wildman–Crippen LogP) is 2.58. The molecule has 0 aliphatic rings. The first-order valence-corrected chi connectivity index (χ1v) is 7.49. The molecule has 0 saturated carbocycles. The number of nitrogens with zero attached hydrogens (tertiary/aromatic N) is 2. The number of aromatic nitrogens is 1. The largest absolute Gasteiger partial charge is 0.466 e.